The summed E-state index contributed by atoms with van der Waals surface area (Å²) in [6.45, 7) is 2.22. The van der Waals surface area contributed by atoms with Gasteiger partial charge in [-0.2, -0.15) is 5.10 Å². The Morgan fingerprint density at radius 3 is 2.42 bits per heavy atom. The van der Waals surface area contributed by atoms with Gasteiger partial charge in [0.15, 0.2) is 5.65 Å². The molecule has 3 aromatic carbocycles. The summed E-state index contributed by atoms with van der Waals surface area (Å²) in [5, 5.41) is 16.3. The summed E-state index contributed by atoms with van der Waals surface area (Å²) in [5.74, 6) is 0.661. The number of piperidine rings is 1. The van der Waals surface area contributed by atoms with E-state index in [-0.39, 0.29) is 0 Å². The first-order chi connectivity index (χ1) is 16.3. The SMILES string of the molecule is NSc1ccc(-c2cnn3cc(-c4ccc(C5CCNCC5)cc4)cnc23)c2ccccc12. The maximum Gasteiger partial charge on any atom is 0.162 e. The summed E-state index contributed by atoms with van der Waals surface area (Å²) in [4.78, 5) is 5.88. The van der Waals surface area contributed by atoms with Crippen molar-refractivity contribution < 1.29 is 0 Å². The molecule has 1 aliphatic heterocycles. The van der Waals surface area contributed by atoms with Crippen LogP contribution in [-0.4, -0.2) is 27.7 Å². The zero-order chi connectivity index (χ0) is 22.2. The third-order valence-electron chi connectivity index (χ3n) is 6.71. The first kappa shape index (κ1) is 20.4. The van der Waals surface area contributed by atoms with E-state index in [4.69, 9.17) is 10.1 Å². The minimum absolute atomic E-state index is 0.661. The van der Waals surface area contributed by atoms with Gasteiger partial charge in [-0.1, -0.05) is 54.6 Å². The van der Waals surface area contributed by atoms with Crippen LogP contribution in [0.1, 0.15) is 24.3 Å². The number of hydrogen-bond donors (Lipinski definition) is 2. The van der Waals surface area contributed by atoms with Crippen molar-refractivity contribution in [2.24, 2.45) is 5.14 Å². The van der Waals surface area contributed by atoms with Crippen molar-refractivity contribution in [1.29, 1.82) is 0 Å². The zero-order valence-electron chi connectivity index (χ0n) is 18.2. The van der Waals surface area contributed by atoms with Gasteiger partial charge in [0.25, 0.3) is 0 Å². The highest BCUT2D eigenvalue weighted by molar-refractivity contribution is 7.97. The van der Waals surface area contributed by atoms with Crippen LogP contribution < -0.4 is 10.5 Å². The first-order valence-electron chi connectivity index (χ1n) is 11.3. The summed E-state index contributed by atoms with van der Waals surface area (Å²) in [5.41, 5.74) is 6.64. The standard InChI is InChI=1S/C27H25N5S/c28-33-26-10-9-23(22-3-1-2-4-24(22)26)25-16-31-32-17-21(15-30-27(25)32)19-7-5-18(6-8-19)20-11-13-29-14-12-20/h1-10,15-17,20,29H,11-14,28H2. The van der Waals surface area contributed by atoms with Crippen LogP contribution in [-0.2, 0) is 0 Å². The van der Waals surface area contributed by atoms with Gasteiger partial charge in [0, 0.05) is 28.4 Å². The molecular weight excluding hydrogens is 426 g/mol. The van der Waals surface area contributed by atoms with E-state index in [0.717, 1.165) is 56.7 Å². The van der Waals surface area contributed by atoms with Crippen molar-refractivity contribution in [3.8, 4) is 22.3 Å². The van der Waals surface area contributed by atoms with Crippen LogP contribution in [0.3, 0.4) is 0 Å². The average molecular weight is 452 g/mol. The molecule has 5 nitrogen and oxygen atoms in total. The highest BCUT2D eigenvalue weighted by Gasteiger charge is 2.16. The minimum atomic E-state index is 0.661. The van der Waals surface area contributed by atoms with Gasteiger partial charge in [-0.3, -0.25) is 5.14 Å². The van der Waals surface area contributed by atoms with Gasteiger partial charge in [-0.15, -0.1) is 0 Å². The molecular formula is C27H25N5S. The molecule has 33 heavy (non-hydrogen) atoms. The number of aromatic nitrogens is 3. The number of benzene rings is 3. The van der Waals surface area contributed by atoms with Gasteiger partial charge < -0.3 is 5.32 Å². The van der Waals surface area contributed by atoms with Crippen LogP contribution in [0.5, 0.6) is 0 Å². The Kier molecular flexibility index (Phi) is 5.34. The van der Waals surface area contributed by atoms with Gasteiger partial charge in [0.2, 0.25) is 0 Å². The second-order valence-electron chi connectivity index (χ2n) is 8.59. The molecule has 0 radical (unpaired) electrons. The predicted octanol–water partition coefficient (Wildman–Crippen LogP) is 5.65. The molecule has 0 bridgehead atoms. The van der Waals surface area contributed by atoms with E-state index in [1.807, 2.05) is 23.0 Å². The maximum atomic E-state index is 5.88. The summed E-state index contributed by atoms with van der Waals surface area (Å²) < 4.78 is 1.88. The summed E-state index contributed by atoms with van der Waals surface area (Å²) >= 11 is 1.28. The maximum absolute atomic E-state index is 5.88. The summed E-state index contributed by atoms with van der Waals surface area (Å²) in [6, 6.07) is 21.5. The number of nitrogens with one attached hydrogen (secondary N) is 1. The molecule has 0 atom stereocenters. The molecule has 3 heterocycles. The number of fused-ring (bicyclic) bond motifs is 2. The molecule has 3 N–H and O–H groups in total. The molecule has 5 aromatic rings. The molecule has 1 fully saturated rings. The Bertz CT molecular complexity index is 1430. The van der Waals surface area contributed by atoms with E-state index < -0.39 is 0 Å². The molecule has 2 aromatic heterocycles. The Balaban J connectivity index is 1.36. The molecule has 164 valence electrons. The van der Waals surface area contributed by atoms with Crippen LogP contribution in [0, 0.1) is 0 Å². The second-order valence-corrected chi connectivity index (χ2v) is 9.27. The summed E-state index contributed by atoms with van der Waals surface area (Å²) in [6.07, 6.45) is 8.35. The van der Waals surface area contributed by atoms with Crippen LogP contribution in [0.15, 0.2) is 84.1 Å². The number of nitrogens with two attached hydrogens (primary N) is 1. The largest absolute Gasteiger partial charge is 0.317 e. The zero-order valence-corrected chi connectivity index (χ0v) is 19.1. The number of nitrogens with zero attached hydrogens (tertiary/aromatic N) is 3. The van der Waals surface area contributed by atoms with E-state index >= 15 is 0 Å². The van der Waals surface area contributed by atoms with Crippen LogP contribution >= 0.6 is 11.9 Å². The van der Waals surface area contributed by atoms with Crippen molar-refractivity contribution in [3.05, 3.63) is 84.8 Å². The first-order valence-corrected chi connectivity index (χ1v) is 12.2. The topological polar surface area (TPSA) is 68.2 Å². The smallest absolute Gasteiger partial charge is 0.162 e. The second kappa shape index (κ2) is 8.63. The monoisotopic (exact) mass is 451 g/mol. The fraction of sp³-hybridized carbons (Fsp3) is 0.185. The average Bonchev–Trinajstić information content (AvgIpc) is 3.32. The molecule has 1 saturated heterocycles. The van der Waals surface area contributed by atoms with Gasteiger partial charge in [0.05, 0.1) is 6.20 Å². The van der Waals surface area contributed by atoms with Gasteiger partial charge in [0.1, 0.15) is 0 Å². The molecule has 6 rings (SSSR count). The van der Waals surface area contributed by atoms with Gasteiger partial charge >= 0.3 is 0 Å². The van der Waals surface area contributed by atoms with Crippen molar-refractivity contribution in [2.45, 2.75) is 23.7 Å². The fourth-order valence-electron chi connectivity index (χ4n) is 4.93. The third-order valence-corrected chi connectivity index (χ3v) is 7.32. The van der Waals surface area contributed by atoms with E-state index in [1.54, 1.807) is 0 Å². The van der Waals surface area contributed by atoms with Crippen molar-refractivity contribution in [2.75, 3.05) is 13.1 Å². The molecule has 0 aliphatic carbocycles. The quantitative estimate of drug-likeness (QED) is 0.346. The van der Waals surface area contributed by atoms with E-state index in [2.05, 4.69) is 71.2 Å². The third kappa shape index (κ3) is 3.70. The van der Waals surface area contributed by atoms with E-state index in [9.17, 15) is 0 Å². The normalized spacial score (nSPS) is 14.8. The van der Waals surface area contributed by atoms with Crippen molar-refractivity contribution in [1.82, 2.24) is 19.9 Å². The number of hydrogen-bond acceptors (Lipinski definition) is 5. The molecule has 0 spiro atoms. The molecule has 0 unspecified atom stereocenters. The lowest BCUT2D eigenvalue weighted by atomic mass is 9.89. The Morgan fingerprint density at radius 1 is 0.848 bits per heavy atom. The Morgan fingerprint density at radius 2 is 1.64 bits per heavy atom. The van der Waals surface area contributed by atoms with Crippen LogP contribution in [0.2, 0.25) is 0 Å². The Labute approximate surface area is 197 Å². The van der Waals surface area contributed by atoms with Gasteiger partial charge in [-0.25, -0.2) is 9.50 Å². The van der Waals surface area contributed by atoms with Crippen LogP contribution in [0.25, 0.3) is 38.7 Å². The molecule has 6 heteroatoms. The minimum Gasteiger partial charge on any atom is -0.317 e. The lowest BCUT2D eigenvalue weighted by Gasteiger charge is -2.23. The molecule has 0 saturated carbocycles. The van der Waals surface area contributed by atoms with Gasteiger partial charge in [-0.05, 0) is 77.3 Å². The predicted molar refractivity (Wildman–Crippen MR) is 136 cm³/mol. The Hall–Kier alpha value is -3.19. The summed E-state index contributed by atoms with van der Waals surface area (Å²) in [7, 11) is 0. The highest BCUT2D eigenvalue weighted by Crippen LogP contribution is 2.35. The lowest BCUT2D eigenvalue weighted by molar-refractivity contribution is 0.460. The fourth-order valence-corrected chi connectivity index (χ4v) is 5.38. The molecule has 1 aliphatic rings. The van der Waals surface area contributed by atoms with E-state index in [0.29, 0.717) is 5.92 Å². The van der Waals surface area contributed by atoms with Crippen molar-refractivity contribution in [3.63, 3.8) is 0 Å². The van der Waals surface area contributed by atoms with Crippen molar-refractivity contribution >= 4 is 28.4 Å². The van der Waals surface area contributed by atoms with Crippen LogP contribution in [0.4, 0.5) is 0 Å². The highest BCUT2D eigenvalue weighted by atomic mass is 32.2. The lowest BCUT2D eigenvalue weighted by Crippen LogP contribution is -2.26. The molecule has 0 amide bonds. The number of rotatable bonds is 4. The van der Waals surface area contributed by atoms with E-state index in [1.165, 1.54) is 30.4 Å².